The Morgan fingerprint density at radius 2 is 1.32 bits per heavy atom. The van der Waals surface area contributed by atoms with Crippen LogP contribution < -0.4 is 15.2 Å². The third-order valence-electron chi connectivity index (χ3n) is 6.20. The van der Waals surface area contributed by atoms with Gasteiger partial charge in [-0.2, -0.15) is 0 Å². The summed E-state index contributed by atoms with van der Waals surface area (Å²) in [7, 11) is 2.08. The van der Waals surface area contributed by atoms with Crippen molar-refractivity contribution < 1.29 is 9.47 Å². The van der Waals surface area contributed by atoms with Crippen molar-refractivity contribution >= 4 is 0 Å². The van der Waals surface area contributed by atoms with Gasteiger partial charge in [-0.05, 0) is 79.8 Å². The summed E-state index contributed by atoms with van der Waals surface area (Å²) in [5.74, 6) is 2.25. The largest absolute Gasteiger partial charge is 0.492 e. The van der Waals surface area contributed by atoms with E-state index in [4.69, 9.17) is 9.47 Å². The number of rotatable bonds is 11. The molecule has 0 spiro atoms. The predicted molar refractivity (Wildman–Crippen MR) is 149 cm³/mol. The van der Waals surface area contributed by atoms with E-state index in [1.165, 1.54) is 0 Å². The highest BCUT2D eigenvalue weighted by Crippen LogP contribution is 2.22. The molecule has 0 aliphatic carbocycles. The van der Waals surface area contributed by atoms with Gasteiger partial charge in [-0.25, -0.2) is 4.79 Å². The van der Waals surface area contributed by atoms with E-state index < -0.39 is 0 Å². The van der Waals surface area contributed by atoms with Crippen LogP contribution in [0.5, 0.6) is 17.2 Å². The molecule has 5 aromatic rings. The fourth-order valence-electron chi connectivity index (χ4n) is 4.05. The minimum Gasteiger partial charge on any atom is -0.492 e. The molecule has 0 aliphatic rings. The number of nitrogens with zero attached hydrogens (tertiary/aromatic N) is 4. The Morgan fingerprint density at radius 1 is 0.711 bits per heavy atom. The summed E-state index contributed by atoms with van der Waals surface area (Å²) in [6.45, 7) is 2.31. The molecule has 0 bridgehead atoms. The van der Waals surface area contributed by atoms with Gasteiger partial charge in [0.2, 0.25) is 0 Å². The lowest BCUT2D eigenvalue weighted by molar-refractivity contribution is 0.238. The number of likely N-dealkylation sites (N-methyl/N-ethyl adjacent to an activating group) is 1. The molecule has 5 rings (SSSR count). The summed E-state index contributed by atoms with van der Waals surface area (Å²) in [4.78, 5) is 19.7. The van der Waals surface area contributed by atoms with Gasteiger partial charge >= 0.3 is 5.69 Å². The minimum atomic E-state index is -0.148. The smallest absolute Gasteiger partial charge is 0.337 e. The van der Waals surface area contributed by atoms with Gasteiger partial charge in [-0.1, -0.05) is 24.3 Å². The van der Waals surface area contributed by atoms with Gasteiger partial charge in [-0.3, -0.25) is 14.1 Å². The van der Waals surface area contributed by atoms with Crippen LogP contribution in [0, 0.1) is 0 Å². The van der Waals surface area contributed by atoms with E-state index in [2.05, 4.69) is 16.9 Å². The van der Waals surface area contributed by atoms with Gasteiger partial charge in [0.05, 0.1) is 11.4 Å². The zero-order valence-electron chi connectivity index (χ0n) is 21.3. The maximum atomic E-state index is 13.1. The van der Waals surface area contributed by atoms with Crippen LogP contribution in [-0.2, 0) is 6.42 Å². The molecule has 2 heterocycles. The first-order valence-electron chi connectivity index (χ1n) is 12.6. The lowest BCUT2D eigenvalue weighted by Crippen LogP contribution is -2.26. The Balaban J connectivity index is 1.15. The zero-order valence-corrected chi connectivity index (χ0v) is 21.3. The maximum Gasteiger partial charge on any atom is 0.337 e. The molecular weight excluding hydrogens is 476 g/mol. The van der Waals surface area contributed by atoms with Gasteiger partial charge < -0.3 is 14.4 Å². The van der Waals surface area contributed by atoms with E-state index in [1.807, 2.05) is 103 Å². The van der Waals surface area contributed by atoms with Crippen LogP contribution >= 0.6 is 0 Å². The molecule has 192 valence electrons. The summed E-state index contributed by atoms with van der Waals surface area (Å²) in [5, 5.41) is 0. The molecule has 0 atom stereocenters. The standard InChI is InChI=1S/C31H30N4O3/c1-33(20-18-25-7-5-6-19-32-25)23-24-37-28-14-10-26(11-15-28)34-21-22-35(31(34)36)27-12-16-30(17-13-27)38-29-8-3-2-4-9-29/h2-17,19,21-22H,18,20,23-24H2,1H3. The average Bonchev–Trinajstić information content (AvgIpc) is 3.35. The maximum absolute atomic E-state index is 13.1. The zero-order chi connectivity index (χ0) is 26.2. The van der Waals surface area contributed by atoms with Crippen LogP contribution in [0.15, 0.2) is 120 Å². The molecule has 0 N–H and O–H groups in total. The summed E-state index contributed by atoms with van der Waals surface area (Å²) >= 11 is 0. The van der Waals surface area contributed by atoms with E-state index >= 15 is 0 Å². The number of pyridine rings is 1. The second-order valence-electron chi connectivity index (χ2n) is 8.95. The van der Waals surface area contributed by atoms with Gasteiger partial charge in [0.25, 0.3) is 0 Å². The lowest BCUT2D eigenvalue weighted by Gasteiger charge is -2.16. The van der Waals surface area contributed by atoms with Crippen LogP contribution in [0.2, 0.25) is 0 Å². The molecule has 7 heteroatoms. The SMILES string of the molecule is CN(CCOc1ccc(-n2ccn(-c3ccc(Oc4ccccc4)cc3)c2=O)cc1)CCc1ccccn1. The molecule has 0 saturated carbocycles. The molecule has 0 fully saturated rings. The van der Waals surface area contributed by atoms with Crippen molar-refractivity contribution in [1.29, 1.82) is 0 Å². The van der Waals surface area contributed by atoms with Crippen LogP contribution in [-0.4, -0.2) is 45.8 Å². The van der Waals surface area contributed by atoms with Crippen LogP contribution in [0.1, 0.15) is 5.69 Å². The molecule has 3 aromatic carbocycles. The molecule has 7 nitrogen and oxygen atoms in total. The van der Waals surface area contributed by atoms with Gasteiger partial charge in [0, 0.05) is 43.8 Å². The van der Waals surface area contributed by atoms with Gasteiger partial charge in [-0.15, -0.1) is 0 Å². The molecule has 0 radical (unpaired) electrons. The van der Waals surface area contributed by atoms with E-state index in [-0.39, 0.29) is 5.69 Å². The van der Waals surface area contributed by atoms with Crippen molar-refractivity contribution in [2.24, 2.45) is 0 Å². The monoisotopic (exact) mass is 506 g/mol. The topological polar surface area (TPSA) is 61.5 Å². The van der Waals surface area contributed by atoms with Gasteiger partial charge in [0.1, 0.15) is 23.9 Å². The molecule has 0 amide bonds. The van der Waals surface area contributed by atoms with Crippen molar-refractivity contribution in [3.05, 3.63) is 132 Å². The molecular formula is C31H30N4O3. The number of benzene rings is 3. The third-order valence-corrected chi connectivity index (χ3v) is 6.20. The highest BCUT2D eigenvalue weighted by molar-refractivity contribution is 5.41. The van der Waals surface area contributed by atoms with E-state index in [1.54, 1.807) is 21.5 Å². The predicted octanol–water partition coefficient (Wildman–Crippen LogP) is 5.37. The van der Waals surface area contributed by atoms with E-state index in [0.717, 1.165) is 48.1 Å². The summed E-state index contributed by atoms with van der Waals surface area (Å²) in [5.41, 5.74) is 2.48. The number of hydrogen-bond acceptors (Lipinski definition) is 5. The number of ether oxygens (including phenoxy) is 2. The molecule has 0 aliphatic heterocycles. The average molecular weight is 507 g/mol. The summed E-state index contributed by atoms with van der Waals surface area (Å²) in [6.07, 6.45) is 6.26. The summed E-state index contributed by atoms with van der Waals surface area (Å²) in [6, 6.07) is 30.6. The number of aromatic nitrogens is 3. The Hall–Kier alpha value is -4.62. The second kappa shape index (κ2) is 12.1. The first-order valence-corrected chi connectivity index (χ1v) is 12.6. The third kappa shape index (κ3) is 6.38. The second-order valence-corrected chi connectivity index (χ2v) is 8.95. The highest BCUT2D eigenvalue weighted by Gasteiger charge is 2.08. The van der Waals surface area contributed by atoms with E-state index in [9.17, 15) is 4.79 Å². The fraction of sp³-hybridized carbons (Fsp3) is 0.161. The van der Waals surface area contributed by atoms with Crippen LogP contribution in [0.4, 0.5) is 0 Å². The number of imidazole rings is 1. The first kappa shape index (κ1) is 25.0. The van der Waals surface area contributed by atoms with Crippen molar-refractivity contribution in [1.82, 2.24) is 19.0 Å². The lowest BCUT2D eigenvalue weighted by atomic mass is 10.2. The molecule has 0 unspecified atom stereocenters. The van der Waals surface area contributed by atoms with Crippen molar-refractivity contribution in [3.8, 4) is 28.6 Å². The van der Waals surface area contributed by atoms with Crippen molar-refractivity contribution in [2.45, 2.75) is 6.42 Å². The summed E-state index contributed by atoms with van der Waals surface area (Å²) < 4.78 is 15.0. The van der Waals surface area contributed by atoms with Crippen LogP contribution in [0.25, 0.3) is 11.4 Å². The Kier molecular flexibility index (Phi) is 7.96. The Labute approximate surface area is 222 Å². The van der Waals surface area contributed by atoms with E-state index in [0.29, 0.717) is 12.4 Å². The fourth-order valence-corrected chi connectivity index (χ4v) is 4.05. The van der Waals surface area contributed by atoms with Gasteiger partial charge in [0.15, 0.2) is 0 Å². The quantitative estimate of drug-likeness (QED) is 0.241. The molecule has 0 saturated heterocycles. The highest BCUT2D eigenvalue weighted by atomic mass is 16.5. The van der Waals surface area contributed by atoms with Crippen molar-refractivity contribution in [2.75, 3.05) is 26.7 Å². The Bertz CT molecular complexity index is 1480. The molecule has 38 heavy (non-hydrogen) atoms. The normalized spacial score (nSPS) is 11.0. The van der Waals surface area contributed by atoms with Crippen LogP contribution in [0.3, 0.4) is 0 Å². The molecule has 2 aromatic heterocycles. The minimum absolute atomic E-state index is 0.148. The number of para-hydroxylation sites is 1. The van der Waals surface area contributed by atoms with Crippen molar-refractivity contribution in [3.63, 3.8) is 0 Å². The number of hydrogen-bond donors (Lipinski definition) is 0. The first-order chi connectivity index (χ1) is 18.7. The Morgan fingerprint density at radius 3 is 1.95 bits per heavy atom.